The van der Waals surface area contributed by atoms with E-state index in [0.29, 0.717) is 6.54 Å². The van der Waals surface area contributed by atoms with E-state index >= 15 is 0 Å². The molecule has 0 aliphatic rings. The molecule has 0 fully saturated rings. The van der Waals surface area contributed by atoms with Crippen LogP contribution in [0.5, 0.6) is 0 Å². The second-order valence-electron chi connectivity index (χ2n) is 3.04. The number of nitrogens with zero attached hydrogens (tertiary/aromatic N) is 2. The van der Waals surface area contributed by atoms with Crippen LogP contribution < -0.4 is 5.73 Å². The number of rotatable bonds is 4. The van der Waals surface area contributed by atoms with E-state index in [1.807, 2.05) is 18.3 Å². The average Bonchev–Trinajstić information content (AvgIpc) is 2.79. The van der Waals surface area contributed by atoms with E-state index in [4.69, 9.17) is 5.73 Å². The molecule has 0 radical (unpaired) electrons. The Morgan fingerprint density at radius 3 is 3.00 bits per heavy atom. The molecule has 4 nitrogen and oxygen atoms in total. The minimum Gasteiger partial charge on any atom is -0.340 e. The Morgan fingerprint density at radius 1 is 1.33 bits per heavy atom. The van der Waals surface area contributed by atoms with Crippen LogP contribution in [0.3, 0.4) is 0 Å². The molecule has 2 heterocycles. The molecular weight excluding hydrogens is 208 g/mol. The molecule has 15 heavy (non-hydrogen) atoms. The van der Waals surface area contributed by atoms with Crippen LogP contribution in [-0.2, 0) is 12.3 Å². The molecule has 0 aliphatic carbocycles. The van der Waals surface area contributed by atoms with Crippen LogP contribution >= 0.6 is 11.8 Å². The zero-order valence-electron chi connectivity index (χ0n) is 8.18. The van der Waals surface area contributed by atoms with Crippen molar-refractivity contribution in [3.63, 3.8) is 0 Å². The van der Waals surface area contributed by atoms with E-state index in [1.54, 1.807) is 24.2 Å². The first-order valence-corrected chi connectivity index (χ1v) is 5.63. The number of aromatic nitrogens is 3. The van der Waals surface area contributed by atoms with Crippen LogP contribution in [0.15, 0.2) is 35.9 Å². The number of nitrogens with one attached hydrogen (secondary N) is 1. The summed E-state index contributed by atoms with van der Waals surface area (Å²) in [6.07, 6.45) is 5.36. The van der Waals surface area contributed by atoms with Gasteiger partial charge in [-0.2, -0.15) is 0 Å². The topological polar surface area (TPSA) is 67.6 Å². The molecule has 0 bridgehead atoms. The number of aromatic amines is 1. The van der Waals surface area contributed by atoms with Crippen molar-refractivity contribution in [3.05, 3.63) is 42.0 Å². The number of hydrogen-bond acceptors (Lipinski definition) is 4. The Morgan fingerprint density at radius 2 is 2.27 bits per heavy atom. The Kier molecular flexibility index (Phi) is 3.37. The zero-order chi connectivity index (χ0) is 10.5. The molecule has 0 spiro atoms. The van der Waals surface area contributed by atoms with Crippen LogP contribution in [0.25, 0.3) is 0 Å². The number of imidazole rings is 1. The van der Waals surface area contributed by atoms with Crippen LogP contribution in [0.2, 0.25) is 0 Å². The van der Waals surface area contributed by atoms with E-state index in [1.165, 1.54) is 5.56 Å². The van der Waals surface area contributed by atoms with Crippen molar-refractivity contribution in [1.29, 1.82) is 0 Å². The van der Waals surface area contributed by atoms with Crippen molar-refractivity contribution >= 4 is 11.8 Å². The molecule has 78 valence electrons. The van der Waals surface area contributed by atoms with Gasteiger partial charge in [0.25, 0.3) is 0 Å². The first-order chi connectivity index (χ1) is 7.38. The Balaban J connectivity index is 1.98. The molecule has 0 saturated carbocycles. The average molecular weight is 220 g/mol. The predicted molar refractivity (Wildman–Crippen MR) is 60.3 cm³/mol. The number of H-pyrrole nitrogens is 1. The molecule has 0 aliphatic heterocycles. The first kappa shape index (κ1) is 10.2. The monoisotopic (exact) mass is 220 g/mol. The third-order valence-electron chi connectivity index (χ3n) is 1.94. The fraction of sp³-hybridized carbons (Fsp3) is 0.200. The van der Waals surface area contributed by atoms with Gasteiger partial charge in [-0.05, 0) is 17.7 Å². The van der Waals surface area contributed by atoms with Gasteiger partial charge in [-0.3, -0.25) is 4.98 Å². The highest BCUT2D eigenvalue weighted by Gasteiger charge is 1.99. The number of hydrogen-bond donors (Lipinski definition) is 2. The fourth-order valence-electron chi connectivity index (χ4n) is 1.21. The summed E-state index contributed by atoms with van der Waals surface area (Å²) in [6.45, 7) is 0.485. The van der Waals surface area contributed by atoms with Crippen molar-refractivity contribution in [1.82, 2.24) is 15.0 Å². The summed E-state index contributed by atoms with van der Waals surface area (Å²) in [5.41, 5.74) is 7.66. The van der Waals surface area contributed by atoms with E-state index in [-0.39, 0.29) is 0 Å². The Labute approximate surface area is 92.3 Å². The van der Waals surface area contributed by atoms with Crippen molar-refractivity contribution in [2.45, 2.75) is 17.5 Å². The zero-order valence-corrected chi connectivity index (χ0v) is 9.00. The maximum atomic E-state index is 5.52. The van der Waals surface area contributed by atoms with Gasteiger partial charge in [-0.25, -0.2) is 4.98 Å². The lowest BCUT2D eigenvalue weighted by molar-refractivity contribution is 0.982. The van der Waals surface area contributed by atoms with E-state index < -0.39 is 0 Å². The molecule has 2 aromatic rings. The van der Waals surface area contributed by atoms with Gasteiger partial charge in [0, 0.05) is 30.9 Å². The second kappa shape index (κ2) is 4.95. The smallest absolute Gasteiger partial charge is 0.165 e. The summed E-state index contributed by atoms with van der Waals surface area (Å²) in [7, 11) is 0. The molecule has 0 unspecified atom stereocenters. The van der Waals surface area contributed by atoms with E-state index in [2.05, 4.69) is 15.0 Å². The summed E-state index contributed by atoms with van der Waals surface area (Å²) >= 11 is 1.66. The standard InChI is InChI=1S/C10H12N4S/c11-6-9-5-8(1-2-12-9)7-15-10-13-3-4-14-10/h1-5H,6-7,11H2,(H,13,14). The van der Waals surface area contributed by atoms with E-state index in [9.17, 15) is 0 Å². The van der Waals surface area contributed by atoms with Gasteiger partial charge in [0.15, 0.2) is 5.16 Å². The third-order valence-corrected chi connectivity index (χ3v) is 2.91. The molecule has 2 rings (SSSR count). The molecule has 0 atom stereocenters. The molecule has 0 aromatic carbocycles. The van der Waals surface area contributed by atoms with Crippen LogP contribution in [-0.4, -0.2) is 15.0 Å². The Bertz CT molecular complexity index is 413. The maximum Gasteiger partial charge on any atom is 0.165 e. The first-order valence-electron chi connectivity index (χ1n) is 4.64. The number of pyridine rings is 1. The largest absolute Gasteiger partial charge is 0.340 e. The lowest BCUT2D eigenvalue weighted by Gasteiger charge is -2.01. The fourth-order valence-corrected chi connectivity index (χ4v) is 1.98. The van der Waals surface area contributed by atoms with Crippen LogP contribution in [0.1, 0.15) is 11.3 Å². The van der Waals surface area contributed by atoms with E-state index in [0.717, 1.165) is 16.6 Å². The molecule has 3 N–H and O–H groups in total. The Hall–Kier alpha value is -1.33. The summed E-state index contributed by atoms with van der Waals surface area (Å²) in [4.78, 5) is 11.3. The van der Waals surface area contributed by atoms with Crippen molar-refractivity contribution < 1.29 is 0 Å². The highest BCUT2D eigenvalue weighted by atomic mass is 32.2. The normalized spacial score (nSPS) is 10.5. The van der Waals surface area contributed by atoms with Crippen LogP contribution in [0, 0.1) is 0 Å². The van der Waals surface area contributed by atoms with Gasteiger partial charge in [-0.1, -0.05) is 11.8 Å². The van der Waals surface area contributed by atoms with Crippen molar-refractivity contribution in [2.24, 2.45) is 5.73 Å². The van der Waals surface area contributed by atoms with Crippen LogP contribution in [0.4, 0.5) is 0 Å². The molecular formula is C10H12N4S. The summed E-state index contributed by atoms with van der Waals surface area (Å²) in [5.74, 6) is 0.878. The van der Waals surface area contributed by atoms with Gasteiger partial charge in [0.2, 0.25) is 0 Å². The molecule has 0 amide bonds. The molecule has 0 saturated heterocycles. The van der Waals surface area contributed by atoms with Gasteiger partial charge in [0.1, 0.15) is 0 Å². The second-order valence-corrected chi connectivity index (χ2v) is 4.01. The summed E-state index contributed by atoms with van der Waals surface area (Å²) in [6, 6.07) is 4.02. The van der Waals surface area contributed by atoms with Crippen molar-refractivity contribution in [3.8, 4) is 0 Å². The quantitative estimate of drug-likeness (QED) is 0.767. The molecule has 2 aromatic heterocycles. The highest BCUT2D eigenvalue weighted by molar-refractivity contribution is 7.98. The van der Waals surface area contributed by atoms with Gasteiger partial charge < -0.3 is 10.7 Å². The lowest BCUT2D eigenvalue weighted by atomic mass is 10.2. The number of nitrogens with two attached hydrogens (primary N) is 1. The van der Waals surface area contributed by atoms with Gasteiger partial charge >= 0.3 is 0 Å². The summed E-state index contributed by atoms with van der Waals surface area (Å²) in [5, 5.41) is 0.932. The predicted octanol–water partition coefficient (Wildman–Crippen LogP) is 1.56. The SMILES string of the molecule is NCc1cc(CSc2ncc[nH]2)ccn1. The minimum absolute atomic E-state index is 0.485. The lowest BCUT2D eigenvalue weighted by Crippen LogP contribution is -1.99. The number of thioether (sulfide) groups is 1. The molecule has 5 heteroatoms. The van der Waals surface area contributed by atoms with Crippen molar-refractivity contribution in [2.75, 3.05) is 0 Å². The van der Waals surface area contributed by atoms with Gasteiger partial charge in [-0.15, -0.1) is 0 Å². The minimum atomic E-state index is 0.485. The third kappa shape index (κ3) is 2.81. The van der Waals surface area contributed by atoms with Gasteiger partial charge in [0.05, 0.1) is 5.69 Å². The highest BCUT2D eigenvalue weighted by Crippen LogP contribution is 2.18. The maximum absolute atomic E-state index is 5.52. The summed E-state index contributed by atoms with van der Waals surface area (Å²) < 4.78 is 0.